The molecule has 0 saturated carbocycles. The zero-order chi connectivity index (χ0) is 15.9. The minimum Gasteiger partial charge on any atom is -0.493 e. The van der Waals surface area contributed by atoms with E-state index >= 15 is 0 Å². The van der Waals surface area contributed by atoms with Gasteiger partial charge in [0.25, 0.3) is 5.69 Å². The van der Waals surface area contributed by atoms with Gasteiger partial charge in [-0.1, -0.05) is 22.0 Å². The third-order valence-electron chi connectivity index (χ3n) is 2.76. The highest BCUT2D eigenvalue weighted by atomic mass is 79.9. The van der Waals surface area contributed by atoms with Gasteiger partial charge in [0, 0.05) is 10.5 Å². The Hall–Kier alpha value is -2.28. The number of rotatable bonds is 7. The molecule has 22 heavy (non-hydrogen) atoms. The summed E-state index contributed by atoms with van der Waals surface area (Å²) in [5.74, 6) is 1.46. The van der Waals surface area contributed by atoms with Crippen LogP contribution < -0.4 is 14.2 Å². The van der Waals surface area contributed by atoms with Crippen LogP contribution in [0.5, 0.6) is 17.2 Å². The summed E-state index contributed by atoms with van der Waals surface area (Å²) in [5.41, 5.74) is -0.0521. The number of nitro groups is 1. The monoisotopic (exact) mass is 367 g/mol. The lowest BCUT2D eigenvalue weighted by molar-refractivity contribution is -0.385. The average molecular weight is 368 g/mol. The Morgan fingerprint density at radius 3 is 2.55 bits per heavy atom. The molecular formula is C15H14BrNO5. The maximum atomic E-state index is 10.8. The summed E-state index contributed by atoms with van der Waals surface area (Å²) < 4.78 is 17.1. The Labute approximate surface area is 135 Å². The summed E-state index contributed by atoms with van der Waals surface area (Å²) in [7, 11) is 1.48. The van der Waals surface area contributed by atoms with Crippen LogP contribution in [0.1, 0.15) is 0 Å². The van der Waals surface area contributed by atoms with Gasteiger partial charge < -0.3 is 14.2 Å². The molecule has 0 amide bonds. The molecule has 0 aliphatic rings. The van der Waals surface area contributed by atoms with Crippen molar-refractivity contribution in [3.05, 3.63) is 57.1 Å². The van der Waals surface area contributed by atoms with Crippen molar-refractivity contribution in [1.82, 2.24) is 0 Å². The van der Waals surface area contributed by atoms with Crippen LogP contribution in [-0.4, -0.2) is 25.2 Å². The molecule has 0 aromatic heterocycles. The normalized spacial score (nSPS) is 10.1. The molecule has 0 radical (unpaired) electrons. The largest absolute Gasteiger partial charge is 0.493 e. The van der Waals surface area contributed by atoms with Crippen LogP contribution in [-0.2, 0) is 0 Å². The van der Waals surface area contributed by atoms with E-state index in [1.807, 2.05) is 24.3 Å². The molecule has 0 saturated heterocycles. The molecule has 0 unspecified atom stereocenters. The Bertz CT molecular complexity index is 662. The van der Waals surface area contributed by atoms with Gasteiger partial charge in [0.05, 0.1) is 18.1 Å². The SMILES string of the molecule is COc1ccc([N+](=O)[O-])cc1OCCOc1cccc(Br)c1. The van der Waals surface area contributed by atoms with Crippen molar-refractivity contribution < 1.29 is 19.1 Å². The van der Waals surface area contributed by atoms with Gasteiger partial charge in [0.2, 0.25) is 0 Å². The molecule has 0 heterocycles. The molecule has 0 bridgehead atoms. The number of benzene rings is 2. The number of nitrogens with zero attached hydrogens (tertiary/aromatic N) is 1. The molecule has 0 aliphatic carbocycles. The first kappa shape index (κ1) is 16.1. The molecular weight excluding hydrogens is 354 g/mol. The fourth-order valence-corrected chi connectivity index (χ4v) is 2.14. The van der Waals surface area contributed by atoms with E-state index in [0.29, 0.717) is 23.9 Å². The Balaban J connectivity index is 1.93. The summed E-state index contributed by atoms with van der Waals surface area (Å²) in [6.45, 7) is 0.548. The smallest absolute Gasteiger partial charge is 0.273 e. The third-order valence-corrected chi connectivity index (χ3v) is 3.26. The molecule has 0 N–H and O–H groups in total. The van der Waals surface area contributed by atoms with Gasteiger partial charge in [-0.25, -0.2) is 0 Å². The summed E-state index contributed by atoms with van der Waals surface area (Å²) in [6.07, 6.45) is 0. The molecule has 116 valence electrons. The molecule has 0 aliphatic heterocycles. The van der Waals surface area contributed by atoms with Gasteiger partial charge in [-0.15, -0.1) is 0 Å². The summed E-state index contributed by atoms with van der Waals surface area (Å²) in [4.78, 5) is 10.3. The molecule has 7 heteroatoms. The predicted molar refractivity (Wildman–Crippen MR) is 84.8 cm³/mol. The fourth-order valence-electron chi connectivity index (χ4n) is 1.76. The molecule has 2 rings (SSSR count). The number of hydrogen-bond donors (Lipinski definition) is 0. The van der Waals surface area contributed by atoms with Crippen molar-refractivity contribution in [2.24, 2.45) is 0 Å². The van der Waals surface area contributed by atoms with E-state index in [-0.39, 0.29) is 12.3 Å². The molecule has 6 nitrogen and oxygen atoms in total. The first-order valence-corrected chi connectivity index (χ1v) is 7.23. The first-order chi connectivity index (χ1) is 10.6. The van der Waals surface area contributed by atoms with Crippen LogP contribution in [0, 0.1) is 10.1 Å². The molecule has 0 fully saturated rings. The molecule has 2 aromatic rings. The van der Waals surface area contributed by atoms with Crippen molar-refractivity contribution in [3.63, 3.8) is 0 Å². The highest BCUT2D eigenvalue weighted by molar-refractivity contribution is 9.10. The standard InChI is InChI=1S/C15H14BrNO5/c1-20-14-6-5-12(17(18)19)10-15(14)22-8-7-21-13-4-2-3-11(16)9-13/h2-6,9-10H,7-8H2,1H3. The predicted octanol–water partition coefficient (Wildman–Crippen LogP) is 3.82. The second kappa shape index (κ2) is 7.65. The van der Waals surface area contributed by atoms with Crippen LogP contribution in [0.15, 0.2) is 46.9 Å². The Morgan fingerprint density at radius 2 is 1.86 bits per heavy atom. The van der Waals surface area contributed by atoms with Crippen LogP contribution in [0.4, 0.5) is 5.69 Å². The number of halogens is 1. The van der Waals surface area contributed by atoms with Crippen LogP contribution in [0.2, 0.25) is 0 Å². The maximum Gasteiger partial charge on any atom is 0.273 e. The first-order valence-electron chi connectivity index (χ1n) is 6.44. The van der Waals surface area contributed by atoms with Crippen LogP contribution in [0.3, 0.4) is 0 Å². The van der Waals surface area contributed by atoms with Crippen molar-refractivity contribution in [2.75, 3.05) is 20.3 Å². The van der Waals surface area contributed by atoms with E-state index in [0.717, 1.165) is 4.47 Å². The van der Waals surface area contributed by atoms with Gasteiger partial charge >= 0.3 is 0 Å². The number of ether oxygens (including phenoxy) is 3. The van der Waals surface area contributed by atoms with Gasteiger partial charge in [-0.05, 0) is 24.3 Å². The van der Waals surface area contributed by atoms with Crippen LogP contribution >= 0.6 is 15.9 Å². The van der Waals surface area contributed by atoms with Gasteiger partial charge in [0.15, 0.2) is 11.5 Å². The highest BCUT2D eigenvalue weighted by Crippen LogP contribution is 2.31. The topological polar surface area (TPSA) is 70.8 Å². The molecule has 0 spiro atoms. The minimum atomic E-state index is -0.482. The highest BCUT2D eigenvalue weighted by Gasteiger charge is 2.12. The van der Waals surface area contributed by atoms with Crippen molar-refractivity contribution in [1.29, 1.82) is 0 Å². The van der Waals surface area contributed by atoms with Crippen molar-refractivity contribution in [3.8, 4) is 17.2 Å². The van der Waals surface area contributed by atoms with Gasteiger partial charge in [0.1, 0.15) is 19.0 Å². The van der Waals surface area contributed by atoms with E-state index < -0.39 is 4.92 Å². The zero-order valence-electron chi connectivity index (χ0n) is 11.8. The Kier molecular flexibility index (Phi) is 5.60. The fraction of sp³-hybridized carbons (Fsp3) is 0.200. The lowest BCUT2D eigenvalue weighted by atomic mass is 10.3. The number of non-ortho nitro benzene ring substituents is 1. The number of hydrogen-bond acceptors (Lipinski definition) is 5. The zero-order valence-corrected chi connectivity index (χ0v) is 13.4. The Morgan fingerprint density at radius 1 is 1.09 bits per heavy atom. The lowest BCUT2D eigenvalue weighted by Gasteiger charge is -2.11. The van der Waals surface area contributed by atoms with E-state index in [1.165, 1.54) is 25.3 Å². The van der Waals surface area contributed by atoms with Gasteiger partial charge in [-0.2, -0.15) is 0 Å². The minimum absolute atomic E-state index is 0.0521. The van der Waals surface area contributed by atoms with E-state index in [4.69, 9.17) is 14.2 Å². The number of nitro benzene ring substituents is 1. The van der Waals surface area contributed by atoms with E-state index in [9.17, 15) is 10.1 Å². The lowest BCUT2D eigenvalue weighted by Crippen LogP contribution is -2.09. The third kappa shape index (κ3) is 4.36. The second-order valence-electron chi connectivity index (χ2n) is 4.25. The number of methoxy groups -OCH3 is 1. The molecule has 2 aromatic carbocycles. The van der Waals surface area contributed by atoms with Gasteiger partial charge in [-0.3, -0.25) is 10.1 Å². The quantitative estimate of drug-likeness (QED) is 0.422. The van der Waals surface area contributed by atoms with E-state index in [2.05, 4.69) is 15.9 Å². The average Bonchev–Trinajstić information content (AvgIpc) is 2.51. The summed E-state index contributed by atoms with van der Waals surface area (Å²) >= 11 is 3.36. The second-order valence-corrected chi connectivity index (χ2v) is 5.16. The maximum absolute atomic E-state index is 10.8. The molecule has 0 atom stereocenters. The van der Waals surface area contributed by atoms with E-state index in [1.54, 1.807) is 0 Å². The van der Waals surface area contributed by atoms with Crippen molar-refractivity contribution >= 4 is 21.6 Å². The summed E-state index contributed by atoms with van der Waals surface area (Å²) in [5, 5.41) is 10.8. The van der Waals surface area contributed by atoms with Crippen LogP contribution in [0.25, 0.3) is 0 Å². The van der Waals surface area contributed by atoms with Crippen molar-refractivity contribution in [2.45, 2.75) is 0 Å². The summed E-state index contributed by atoms with van der Waals surface area (Å²) in [6, 6.07) is 11.6.